The molecule has 0 amide bonds. The molecule has 0 atom stereocenters. The van der Waals surface area contributed by atoms with Gasteiger partial charge < -0.3 is 47.3 Å². The number of nitrogens with one attached hydrogen (secondary N) is 7. The van der Waals surface area contributed by atoms with Gasteiger partial charge in [0.1, 0.15) is 52.3 Å². The monoisotopic (exact) mass is 2480 g/mol. The van der Waals surface area contributed by atoms with Crippen LogP contribution < -0.4 is 133 Å². The molecule has 4 aliphatic heterocycles. The summed E-state index contributed by atoms with van der Waals surface area (Å²) < 4.78 is 226. The second-order valence-electron chi connectivity index (χ2n) is 29.9. The fourth-order valence-corrected chi connectivity index (χ4v) is 20.6. The number of carbonyl (C=O) groups is 5. The Balaban J connectivity index is 0.000000215. The van der Waals surface area contributed by atoms with E-state index >= 15 is 13.2 Å². The van der Waals surface area contributed by atoms with Gasteiger partial charge in [-0.25, -0.2) is 55.1 Å². The number of aromatic nitrogens is 8. The van der Waals surface area contributed by atoms with Gasteiger partial charge in [-0.3, -0.25) is 38.1 Å². The van der Waals surface area contributed by atoms with Crippen LogP contribution in [0.2, 0.25) is 10.0 Å². The van der Waals surface area contributed by atoms with Crippen molar-refractivity contribution in [3.63, 3.8) is 0 Å². The Bertz CT molecular complexity index is 7350. The fourth-order valence-electron chi connectivity index (χ4n) is 14.1. The Kier molecular flexibility index (Phi) is 44.1. The van der Waals surface area contributed by atoms with Gasteiger partial charge in [0, 0.05) is 177 Å². The molecule has 0 spiro atoms. The van der Waals surface area contributed by atoms with E-state index in [2.05, 4.69) is 58.9 Å². The predicted octanol–water partition coefficient (Wildman–Crippen LogP) is 8.75. The first kappa shape index (κ1) is 118. The molecule has 0 aliphatic carbocycles. The Morgan fingerprint density at radius 2 is 0.782 bits per heavy atom. The summed E-state index contributed by atoms with van der Waals surface area (Å²) >= 11 is 17.6. The van der Waals surface area contributed by atoms with Crippen LogP contribution >= 0.6 is 102 Å². The largest absolute Gasteiger partial charge is 1.00 e. The summed E-state index contributed by atoms with van der Waals surface area (Å²) in [5.41, 5.74) is 4.28. The SMILES string of the molecule is CC#N.Nc1ccc(F)c(C(=O)c2c[nH]c3ncc(I)cc23)c1F.O=C(c1c(F)ccc(NS(=O)(=O)N2CCCC2)c1F)c1c[nH]c2ncc(-c3ccc(Cl)cc3)cc12.O=C(c1c(F)ccc(NS(=O)(=O)N2CCCC2)c1F)c1c[nH]c2ncc(I)cc12.O=C(c1c(F)ccc(NS(=O)(=O)N2C[CH+]CC2)c1F)c1c[nH]c2ncc(I)cc12.O=CO[O-].O=S(=O)(Cl)N1CCCC1.OB(O)c1ccc(Cl)cc1.[H-].[K+].[K+]. The van der Waals surface area contributed by atoms with E-state index in [0.29, 0.717) is 137 Å². The van der Waals surface area contributed by atoms with E-state index < -0.39 is 156 Å². The molecule has 18 rings (SSSR count). The summed E-state index contributed by atoms with van der Waals surface area (Å²) in [6.45, 7) is 4.16. The summed E-state index contributed by atoms with van der Waals surface area (Å²) in [7, 11) is -11.8. The number of rotatable bonds is 21. The summed E-state index contributed by atoms with van der Waals surface area (Å²) in [6, 6.07) is 29.4. The number of H-pyrrole nitrogens is 4. The second kappa shape index (κ2) is 53.2. The van der Waals surface area contributed by atoms with E-state index in [0.717, 1.165) is 82.0 Å². The van der Waals surface area contributed by atoms with Crippen LogP contribution in [0.25, 0.3) is 55.3 Å². The minimum absolute atomic E-state index is 0. The fraction of sp³-hybridized carbons (Fsp3) is 0.184. The van der Waals surface area contributed by atoms with E-state index in [-0.39, 0.29) is 152 Å². The molecule has 34 nitrogen and oxygen atoms in total. The molecule has 11 N–H and O–H groups in total. The van der Waals surface area contributed by atoms with Crippen LogP contribution in [0.5, 0.6) is 0 Å². The van der Waals surface area contributed by atoms with Gasteiger partial charge in [0.05, 0.1) is 64.0 Å². The first-order valence-electron chi connectivity index (χ1n) is 40.9. The Hall–Kier alpha value is -7.85. The third-order valence-electron chi connectivity index (χ3n) is 20.8. The normalized spacial score (nSPS) is 13.6. The molecule has 0 unspecified atom stereocenters. The molecule has 12 heterocycles. The maximum Gasteiger partial charge on any atom is 1.00 e. The van der Waals surface area contributed by atoms with Crippen molar-refractivity contribution in [1.82, 2.24) is 57.1 Å². The number of anilines is 4. The van der Waals surface area contributed by atoms with E-state index in [1.54, 1.807) is 110 Å². The van der Waals surface area contributed by atoms with Crippen LogP contribution in [-0.4, -0.2) is 190 Å². The number of carbonyl (C=O) groups excluding carboxylic acids is 5. The number of halogens is 14. The first-order chi connectivity index (χ1) is 66.4. The summed E-state index contributed by atoms with van der Waals surface area (Å²) in [6.07, 6.45) is 18.8. The van der Waals surface area contributed by atoms with Gasteiger partial charge >= 0.3 is 141 Å². The number of aromatic amines is 4. The van der Waals surface area contributed by atoms with Crippen molar-refractivity contribution in [3.8, 4) is 17.2 Å². The molecule has 4 saturated heterocycles. The van der Waals surface area contributed by atoms with Crippen LogP contribution in [0.15, 0.2) is 171 Å². The van der Waals surface area contributed by atoms with Crippen LogP contribution in [0.1, 0.15) is 117 Å². The van der Waals surface area contributed by atoms with Crippen molar-refractivity contribution in [2.24, 2.45) is 0 Å². The molecule has 55 heteroatoms. The predicted molar refractivity (Wildman–Crippen MR) is 533 cm³/mol. The molecule has 14 aromatic rings. The van der Waals surface area contributed by atoms with Gasteiger partial charge in [-0.05, 0) is 214 Å². The van der Waals surface area contributed by atoms with Crippen LogP contribution in [0.4, 0.5) is 57.9 Å². The number of fused-ring (bicyclic) bond motifs is 4. The van der Waals surface area contributed by atoms with E-state index in [4.69, 9.17) is 65.0 Å². The van der Waals surface area contributed by atoms with E-state index in [1.165, 1.54) is 44.6 Å². The van der Waals surface area contributed by atoms with Gasteiger partial charge in [0.2, 0.25) is 23.1 Å². The first-order valence-corrected chi connectivity index (χ1v) is 51.5. The number of nitrogen functional groups attached to an aromatic ring is 1. The quantitative estimate of drug-likeness (QED) is 0.00307. The van der Waals surface area contributed by atoms with E-state index in [1.807, 2.05) is 67.8 Å². The minimum Gasteiger partial charge on any atom is -1.00 e. The van der Waals surface area contributed by atoms with Crippen LogP contribution in [0.3, 0.4) is 0 Å². The van der Waals surface area contributed by atoms with Gasteiger partial charge in [0.25, 0.3) is 15.7 Å². The number of nitriles is 1. The number of ketones is 4. The van der Waals surface area contributed by atoms with Crippen molar-refractivity contribution in [3.05, 3.63) is 289 Å². The zero-order valence-electron chi connectivity index (χ0n) is 75.0. The second-order valence-corrected chi connectivity index (χ2v) is 42.1. The average molecular weight is 2490 g/mol. The van der Waals surface area contributed by atoms with Gasteiger partial charge in [-0.2, -0.15) is 51.8 Å². The number of benzene rings is 6. The standard InChI is InChI=1S/C24H19ClF2N4O3S.C18H15F2IN4O3S.C18H13F2IN4O3S.C14H8F2IN3O.C6H6BClO2.C4H8ClNO2S.C2H3N.CH2O3.2K.H/c25-16-5-3-14(4-6-16)15-11-17-18(13-29-24(17)28-12-15)23(32)21-19(26)7-8-20(22(21)27)30-35(33,34)31-9-1-2-10-31;2*19-13-3-4-14(24-29(27,28)25-5-1-2-6-25)16(20)15(13)17(26)12-9-23-18-11(12)7-10(21)8-22-18;15-9-1-2-10(18)12(16)11(9)13(21)8-5-20-14-7(8)3-6(17)4-19-14;8-6-3-1-5(2-4-6)7(9)10;5-9(7,8)6-3-1-2-4-6;1-2-3;2-1-4-3;;;/h3-8,11-13,30H,1-2,9-10H2,(H,28,29);3-4,7-9,24H,1-2,5-6H2,(H,22,23);1,3-4,7-9,24H,2,5-6H2;1-5H,18H2,(H,19,20);1-4,9-10H;1-4H2;1H3;1,3H;;;/q;;;;;;;;2*+1;-1. The third-order valence-corrected chi connectivity index (χ3v) is 29.2. The third kappa shape index (κ3) is 29.8. The maximum atomic E-state index is 15.3. The molecule has 0 radical (unpaired) electrons. The van der Waals surface area contributed by atoms with Gasteiger partial charge in [-0.1, -0.05) is 47.5 Å². The summed E-state index contributed by atoms with van der Waals surface area (Å²) in [5, 5.41) is 35.9. The number of nitrogens with two attached hydrogens (primary N) is 1. The summed E-state index contributed by atoms with van der Waals surface area (Å²) in [4.78, 5) is 90.8. The molecular weight excluding hydrogens is 2410 g/mol. The Morgan fingerprint density at radius 3 is 1.08 bits per heavy atom. The van der Waals surface area contributed by atoms with Crippen molar-refractivity contribution in [1.29, 1.82) is 5.26 Å². The average Bonchev–Trinajstić information content (AvgIpc) is 1.68. The van der Waals surface area contributed by atoms with Crippen LogP contribution in [-0.2, 0) is 49.5 Å². The Labute approximate surface area is 948 Å². The van der Waals surface area contributed by atoms with Crippen LogP contribution in [0, 0.1) is 75.0 Å². The number of hydrogen-bond donors (Lipinski definition) is 10. The molecular formula is C87H75BCl3F8I3K2N17O17S4+. The topological polar surface area (TPSA) is 508 Å². The molecule has 4 aliphatic rings. The summed E-state index contributed by atoms with van der Waals surface area (Å²) in [5.74, 6) is -12.6. The molecule has 142 heavy (non-hydrogen) atoms. The number of hydrogen-bond acceptors (Lipinski definition) is 23. The molecule has 6 aromatic carbocycles. The van der Waals surface area contributed by atoms with Gasteiger partial charge in [-0.15, -0.1) is 4.31 Å². The minimum atomic E-state index is -4.03. The zero-order valence-corrected chi connectivity index (χ0v) is 92.3. The number of pyridine rings is 4. The van der Waals surface area contributed by atoms with Crippen molar-refractivity contribution in [2.45, 2.75) is 51.9 Å². The smallest absolute Gasteiger partial charge is 1.00 e. The molecule has 4 fully saturated rings. The van der Waals surface area contributed by atoms with Gasteiger partial charge in [0.15, 0.2) is 29.8 Å². The van der Waals surface area contributed by atoms with Crippen molar-refractivity contribution < 1.29 is 217 Å². The number of nitrogens with zero attached hydrogens (tertiary/aromatic N) is 9. The Morgan fingerprint density at radius 1 is 0.486 bits per heavy atom. The molecule has 0 saturated carbocycles. The van der Waals surface area contributed by atoms with Crippen molar-refractivity contribution in [2.75, 3.05) is 72.3 Å². The zero-order chi connectivity index (χ0) is 102. The molecule has 0 bridgehead atoms. The van der Waals surface area contributed by atoms with Crippen molar-refractivity contribution >= 4 is 251 Å². The molecule has 736 valence electrons. The molecule has 8 aromatic heterocycles. The maximum absolute atomic E-state index is 15.3. The van der Waals surface area contributed by atoms with E-state index in [9.17, 15) is 74.8 Å².